The zero-order valence-electron chi connectivity index (χ0n) is 8.48. The minimum Gasteiger partial charge on any atom is -0.335 e. The first-order valence-electron chi connectivity index (χ1n) is 4.64. The van der Waals surface area contributed by atoms with Crippen LogP contribution in [-0.2, 0) is 0 Å². The molecule has 1 heterocycles. The fraction of sp³-hybridized carbons (Fsp3) is 0. The van der Waals surface area contributed by atoms with Gasteiger partial charge in [-0.1, -0.05) is 15.9 Å². The molecule has 0 aliphatic heterocycles. The maximum Gasteiger partial charge on any atom is 0.171 e. The highest BCUT2D eigenvalue weighted by atomic mass is 79.9. The molecule has 4 nitrogen and oxygen atoms in total. The third kappa shape index (κ3) is 2.57. The zero-order valence-corrected chi connectivity index (χ0v) is 10.1. The van der Waals surface area contributed by atoms with E-state index in [2.05, 4.69) is 31.4 Å². The number of nitriles is 1. The van der Waals surface area contributed by atoms with Crippen molar-refractivity contribution in [3.63, 3.8) is 0 Å². The van der Waals surface area contributed by atoms with Crippen molar-refractivity contribution in [2.24, 2.45) is 0 Å². The normalized spacial score (nSPS) is 9.71. The minimum atomic E-state index is -0.428. The molecule has 0 amide bonds. The van der Waals surface area contributed by atoms with E-state index < -0.39 is 5.82 Å². The van der Waals surface area contributed by atoms with E-state index in [1.807, 2.05) is 6.07 Å². The van der Waals surface area contributed by atoms with Gasteiger partial charge in [0.25, 0.3) is 0 Å². The van der Waals surface area contributed by atoms with Gasteiger partial charge < -0.3 is 5.32 Å². The van der Waals surface area contributed by atoms with E-state index in [0.717, 1.165) is 4.47 Å². The molecule has 6 heteroatoms. The molecule has 17 heavy (non-hydrogen) atoms. The van der Waals surface area contributed by atoms with Crippen LogP contribution < -0.4 is 5.32 Å². The fourth-order valence-corrected chi connectivity index (χ4v) is 1.60. The summed E-state index contributed by atoms with van der Waals surface area (Å²) in [4.78, 5) is 0. The highest BCUT2D eigenvalue weighted by Gasteiger charge is 2.07. The van der Waals surface area contributed by atoms with Crippen LogP contribution in [0.15, 0.2) is 34.9 Å². The summed E-state index contributed by atoms with van der Waals surface area (Å²) >= 11 is 3.24. The summed E-state index contributed by atoms with van der Waals surface area (Å²) in [5.74, 6) is -0.199. The average Bonchev–Trinajstić information content (AvgIpc) is 2.34. The van der Waals surface area contributed by atoms with Crippen LogP contribution in [0.5, 0.6) is 0 Å². The van der Waals surface area contributed by atoms with Crippen molar-refractivity contribution in [1.29, 1.82) is 5.26 Å². The Kier molecular flexibility index (Phi) is 3.30. The van der Waals surface area contributed by atoms with Crippen LogP contribution in [0.2, 0.25) is 0 Å². The smallest absolute Gasteiger partial charge is 0.171 e. The fourth-order valence-electron chi connectivity index (χ4n) is 1.24. The Bertz CT molecular complexity index is 594. The van der Waals surface area contributed by atoms with Crippen molar-refractivity contribution in [3.8, 4) is 6.07 Å². The highest BCUT2D eigenvalue weighted by molar-refractivity contribution is 9.10. The average molecular weight is 293 g/mol. The lowest BCUT2D eigenvalue weighted by Gasteiger charge is -2.07. The molecule has 2 aromatic rings. The Morgan fingerprint density at radius 1 is 1.35 bits per heavy atom. The molecule has 0 bridgehead atoms. The molecule has 1 aromatic heterocycles. The van der Waals surface area contributed by atoms with E-state index in [0.29, 0.717) is 5.56 Å². The van der Waals surface area contributed by atoms with Gasteiger partial charge in [0.05, 0.1) is 17.4 Å². The molecule has 0 saturated carbocycles. The summed E-state index contributed by atoms with van der Waals surface area (Å²) in [5.41, 5.74) is 0.538. The minimum absolute atomic E-state index is 0.229. The predicted molar refractivity (Wildman–Crippen MR) is 64.1 cm³/mol. The van der Waals surface area contributed by atoms with Crippen LogP contribution in [0, 0.1) is 17.1 Å². The van der Waals surface area contributed by atoms with Crippen molar-refractivity contribution < 1.29 is 4.39 Å². The zero-order chi connectivity index (χ0) is 12.3. The van der Waals surface area contributed by atoms with Gasteiger partial charge in [0.1, 0.15) is 11.9 Å². The van der Waals surface area contributed by atoms with Crippen molar-refractivity contribution >= 4 is 27.4 Å². The number of aromatic nitrogens is 2. The molecule has 84 valence electrons. The van der Waals surface area contributed by atoms with Gasteiger partial charge in [-0.05, 0) is 24.3 Å². The molecule has 0 aliphatic carbocycles. The molecule has 0 radical (unpaired) electrons. The van der Waals surface area contributed by atoms with Gasteiger partial charge in [-0.15, -0.1) is 5.10 Å². The number of rotatable bonds is 2. The van der Waals surface area contributed by atoms with Gasteiger partial charge in [-0.25, -0.2) is 4.39 Å². The topological polar surface area (TPSA) is 61.6 Å². The first kappa shape index (κ1) is 11.5. The molecule has 1 N–H and O–H groups in total. The Morgan fingerprint density at radius 3 is 2.94 bits per heavy atom. The third-order valence-corrected chi connectivity index (χ3v) is 2.52. The van der Waals surface area contributed by atoms with Crippen LogP contribution in [-0.4, -0.2) is 10.2 Å². The van der Waals surface area contributed by atoms with Gasteiger partial charge in [0.2, 0.25) is 0 Å². The standard InChI is InChI=1S/C11H6BrFN4/c12-8-1-2-9(13)10(5-8)16-11-7(6-14)3-4-15-17-11/h1-5H,(H,16,17). The molecule has 0 saturated heterocycles. The SMILES string of the molecule is N#Cc1ccnnc1Nc1cc(Br)ccc1F. The first-order valence-corrected chi connectivity index (χ1v) is 5.44. The predicted octanol–water partition coefficient (Wildman–Crippen LogP) is 2.99. The van der Waals surface area contributed by atoms with E-state index in [1.54, 1.807) is 12.1 Å². The summed E-state index contributed by atoms with van der Waals surface area (Å²) in [6, 6.07) is 7.92. The molecule has 0 fully saturated rings. The summed E-state index contributed by atoms with van der Waals surface area (Å²) in [6.07, 6.45) is 1.40. The largest absolute Gasteiger partial charge is 0.335 e. The number of nitrogens with one attached hydrogen (secondary N) is 1. The number of nitrogens with zero attached hydrogens (tertiary/aromatic N) is 3. The summed E-state index contributed by atoms with van der Waals surface area (Å²) in [5, 5.41) is 19.0. The maximum absolute atomic E-state index is 13.5. The Labute approximate surface area is 105 Å². The second kappa shape index (κ2) is 4.89. The van der Waals surface area contributed by atoms with E-state index in [9.17, 15) is 4.39 Å². The lowest BCUT2D eigenvalue weighted by atomic mass is 10.2. The highest BCUT2D eigenvalue weighted by Crippen LogP contribution is 2.23. The van der Waals surface area contributed by atoms with Crippen LogP contribution in [0.25, 0.3) is 0 Å². The molecule has 1 aromatic carbocycles. The summed E-state index contributed by atoms with van der Waals surface area (Å²) in [6.45, 7) is 0. The van der Waals surface area contributed by atoms with Crippen LogP contribution >= 0.6 is 15.9 Å². The van der Waals surface area contributed by atoms with Crippen molar-refractivity contribution in [3.05, 3.63) is 46.3 Å². The molecule has 0 atom stereocenters. The van der Waals surface area contributed by atoms with E-state index >= 15 is 0 Å². The van der Waals surface area contributed by atoms with E-state index in [4.69, 9.17) is 5.26 Å². The van der Waals surface area contributed by atoms with E-state index in [1.165, 1.54) is 18.3 Å². The van der Waals surface area contributed by atoms with Crippen LogP contribution in [0.4, 0.5) is 15.9 Å². The van der Waals surface area contributed by atoms with Gasteiger partial charge >= 0.3 is 0 Å². The van der Waals surface area contributed by atoms with Crippen molar-refractivity contribution in [2.45, 2.75) is 0 Å². The summed E-state index contributed by atoms with van der Waals surface area (Å²) < 4.78 is 14.2. The molecular weight excluding hydrogens is 287 g/mol. The second-order valence-corrected chi connectivity index (χ2v) is 4.07. The first-order chi connectivity index (χ1) is 8.20. The van der Waals surface area contributed by atoms with Gasteiger partial charge in [0.15, 0.2) is 5.82 Å². The molecule has 0 aliphatic rings. The molecular formula is C11H6BrFN4. The second-order valence-electron chi connectivity index (χ2n) is 3.15. The number of benzene rings is 1. The maximum atomic E-state index is 13.5. The Hall–Kier alpha value is -2.00. The Morgan fingerprint density at radius 2 is 2.18 bits per heavy atom. The number of hydrogen-bond acceptors (Lipinski definition) is 4. The van der Waals surface area contributed by atoms with Crippen LogP contribution in [0.3, 0.4) is 0 Å². The lowest BCUT2D eigenvalue weighted by Crippen LogP contribution is -2.00. The van der Waals surface area contributed by atoms with E-state index in [-0.39, 0.29) is 11.5 Å². The molecule has 2 rings (SSSR count). The van der Waals surface area contributed by atoms with Crippen LogP contribution in [0.1, 0.15) is 5.56 Å². The number of anilines is 2. The van der Waals surface area contributed by atoms with Gasteiger partial charge in [-0.3, -0.25) is 0 Å². The van der Waals surface area contributed by atoms with Crippen molar-refractivity contribution in [1.82, 2.24) is 10.2 Å². The van der Waals surface area contributed by atoms with Crippen molar-refractivity contribution in [2.75, 3.05) is 5.32 Å². The quantitative estimate of drug-likeness (QED) is 0.924. The third-order valence-electron chi connectivity index (χ3n) is 2.02. The monoisotopic (exact) mass is 292 g/mol. The number of halogens is 2. The van der Waals surface area contributed by atoms with Gasteiger partial charge in [0, 0.05) is 4.47 Å². The van der Waals surface area contributed by atoms with Gasteiger partial charge in [-0.2, -0.15) is 10.4 Å². The Balaban J connectivity index is 2.38. The summed E-state index contributed by atoms with van der Waals surface area (Å²) in [7, 11) is 0. The molecule has 0 unspecified atom stereocenters. The molecule has 0 spiro atoms. The number of hydrogen-bond donors (Lipinski definition) is 1. The lowest BCUT2D eigenvalue weighted by molar-refractivity contribution is 0.631.